The molecule has 2 atom stereocenters. The molecule has 1 aromatic carbocycles. The van der Waals surface area contributed by atoms with Crippen molar-refractivity contribution >= 4 is 11.9 Å². The first-order valence-electron chi connectivity index (χ1n) is 8.86. The largest absolute Gasteiger partial charge is 0.481 e. The molecule has 1 N–H and O–H groups in total. The zero-order valence-electron chi connectivity index (χ0n) is 15.4. The van der Waals surface area contributed by atoms with E-state index in [9.17, 15) is 14.7 Å². The minimum absolute atomic E-state index is 0.0210. The first kappa shape index (κ1) is 18.2. The highest BCUT2D eigenvalue weighted by atomic mass is 16.5. The Kier molecular flexibility index (Phi) is 5.11. The molecule has 6 heteroatoms. The summed E-state index contributed by atoms with van der Waals surface area (Å²) in [6, 6.07) is 7.81. The van der Waals surface area contributed by atoms with E-state index in [4.69, 9.17) is 4.52 Å². The van der Waals surface area contributed by atoms with Crippen LogP contribution in [0.5, 0.6) is 0 Å². The first-order chi connectivity index (χ1) is 12.4. The van der Waals surface area contributed by atoms with Crippen LogP contribution in [-0.4, -0.2) is 40.1 Å². The summed E-state index contributed by atoms with van der Waals surface area (Å²) < 4.78 is 5.14. The Morgan fingerprint density at radius 1 is 1.23 bits per heavy atom. The Balaban J connectivity index is 1.72. The Morgan fingerprint density at radius 2 is 1.96 bits per heavy atom. The lowest BCUT2D eigenvalue weighted by Gasteiger charge is -2.18. The molecule has 2 aromatic rings. The van der Waals surface area contributed by atoms with Gasteiger partial charge in [0.15, 0.2) is 0 Å². The predicted octanol–water partition coefficient (Wildman–Crippen LogP) is 2.86. The number of hydrogen-bond donors (Lipinski definition) is 1. The lowest BCUT2D eigenvalue weighted by atomic mass is 9.86. The summed E-state index contributed by atoms with van der Waals surface area (Å²) >= 11 is 0. The van der Waals surface area contributed by atoms with Crippen LogP contribution in [0.15, 0.2) is 28.8 Å². The highest BCUT2D eigenvalue weighted by molar-refractivity contribution is 5.80. The molecule has 6 nitrogen and oxygen atoms in total. The molecule has 2 heterocycles. The highest BCUT2D eigenvalue weighted by Crippen LogP contribution is 2.35. The minimum atomic E-state index is -0.848. The number of likely N-dealkylation sites (tertiary alicyclic amines) is 1. The van der Waals surface area contributed by atoms with Crippen LogP contribution in [0.3, 0.4) is 0 Å². The second-order valence-electron chi connectivity index (χ2n) is 7.01. The lowest BCUT2D eigenvalue weighted by Crippen LogP contribution is -2.30. The number of carbonyl (C=O) groups is 2. The molecule has 26 heavy (non-hydrogen) atoms. The first-order valence-corrected chi connectivity index (χ1v) is 8.86. The van der Waals surface area contributed by atoms with E-state index in [1.54, 1.807) is 4.90 Å². The van der Waals surface area contributed by atoms with E-state index in [1.165, 1.54) is 0 Å². The smallest absolute Gasteiger partial charge is 0.308 e. The van der Waals surface area contributed by atoms with Gasteiger partial charge in [-0.3, -0.25) is 9.59 Å². The van der Waals surface area contributed by atoms with E-state index in [0.717, 1.165) is 28.1 Å². The average molecular weight is 356 g/mol. The van der Waals surface area contributed by atoms with E-state index in [-0.39, 0.29) is 18.4 Å². The van der Waals surface area contributed by atoms with Crippen molar-refractivity contribution in [2.75, 3.05) is 13.1 Å². The quantitative estimate of drug-likeness (QED) is 0.890. The predicted molar refractivity (Wildman–Crippen MR) is 95.9 cm³/mol. The standard InChI is InChI=1S/C20H24N2O4/c1-12-6-4-5-7-15(12)17-10-22(11-18(17)20(24)25)19(23)9-8-16-13(2)21-26-14(16)3/h4-7,17-18H,8-11H2,1-3H3,(H,24,25)/t17-,18+/m1/s1. The van der Waals surface area contributed by atoms with Crippen LogP contribution in [0, 0.1) is 26.7 Å². The number of carboxylic acids is 1. The lowest BCUT2D eigenvalue weighted by molar-refractivity contribution is -0.141. The Hall–Kier alpha value is -2.63. The summed E-state index contributed by atoms with van der Waals surface area (Å²) in [5, 5.41) is 13.5. The zero-order chi connectivity index (χ0) is 18.8. The molecule has 138 valence electrons. The molecule has 0 bridgehead atoms. The summed E-state index contributed by atoms with van der Waals surface area (Å²) in [6.45, 7) is 6.39. The molecule has 1 amide bonds. The molecular weight excluding hydrogens is 332 g/mol. The van der Waals surface area contributed by atoms with Crippen molar-refractivity contribution in [1.82, 2.24) is 10.1 Å². The number of rotatable bonds is 5. The maximum absolute atomic E-state index is 12.7. The van der Waals surface area contributed by atoms with Gasteiger partial charge >= 0.3 is 5.97 Å². The van der Waals surface area contributed by atoms with Gasteiger partial charge < -0.3 is 14.5 Å². The van der Waals surface area contributed by atoms with Crippen LogP contribution < -0.4 is 0 Å². The fourth-order valence-corrected chi connectivity index (χ4v) is 3.82. The van der Waals surface area contributed by atoms with Gasteiger partial charge in [0.1, 0.15) is 5.76 Å². The van der Waals surface area contributed by atoms with Crippen molar-refractivity contribution in [2.45, 2.75) is 39.5 Å². The summed E-state index contributed by atoms with van der Waals surface area (Å²) in [6.07, 6.45) is 0.888. The number of benzene rings is 1. The topological polar surface area (TPSA) is 83.6 Å². The summed E-state index contributed by atoms with van der Waals surface area (Å²) in [7, 11) is 0. The van der Waals surface area contributed by atoms with Gasteiger partial charge in [0.2, 0.25) is 5.91 Å². The third-order valence-corrected chi connectivity index (χ3v) is 5.35. The maximum atomic E-state index is 12.7. The monoisotopic (exact) mass is 356 g/mol. The molecule has 0 radical (unpaired) electrons. The summed E-state index contributed by atoms with van der Waals surface area (Å²) in [4.78, 5) is 26.1. The van der Waals surface area contributed by atoms with Crippen molar-refractivity contribution in [3.63, 3.8) is 0 Å². The average Bonchev–Trinajstić information content (AvgIpc) is 3.18. The van der Waals surface area contributed by atoms with Gasteiger partial charge in [0.25, 0.3) is 0 Å². The van der Waals surface area contributed by atoms with Crippen LogP contribution >= 0.6 is 0 Å². The van der Waals surface area contributed by atoms with Crippen molar-refractivity contribution < 1.29 is 19.2 Å². The third kappa shape index (κ3) is 3.49. The molecule has 1 saturated heterocycles. The second kappa shape index (κ2) is 7.32. The van der Waals surface area contributed by atoms with Gasteiger partial charge in [-0.05, 0) is 38.3 Å². The fourth-order valence-electron chi connectivity index (χ4n) is 3.82. The van der Waals surface area contributed by atoms with Crippen LogP contribution in [0.2, 0.25) is 0 Å². The number of hydrogen-bond acceptors (Lipinski definition) is 4. The Bertz CT molecular complexity index is 807. The number of amides is 1. The van der Waals surface area contributed by atoms with Gasteiger partial charge in [0, 0.05) is 31.0 Å². The molecule has 0 aliphatic carbocycles. The van der Waals surface area contributed by atoms with Gasteiger partial charge in [-0.2, -0.15) is 0 Å². The van der Waals surface area contributed by atoms with Crippen LogP contribution in [0.25, 0.3) is 0 Å². The molecule has 0 saturated carbocycles. The van der Waals surface area contributed by atoms with E-state index in [0.29, 0.717) is 19.4 Å². The van der Waals surface area contributed by atoms with E-state index in [1.807, 2.05) is 45.0 Å². The second-order valence-corrected chi connectivity index (χ2v) is 7.01. The van der Waals surface area contributed by atoms with Crippen LogP contribution in [0.4, 0.5) is 0 Å². The number of aryl methyl sites for hydroxylation is 3. The van der Waals surface area contributed by atoms with Crippen molar-refractivity contribution in [3.8, 4) is 0 Å². The van der Waals surface area contributed by atoms with Crippen molar-refractivity contribution in [3.05, 3.63) is 52.4 Å². The Labute approximate surface area is 152 Å². The van der Waals surface area contributed by atoms with Gasteiger partial charge in [-0.15, -0.1) is 0 Å². The van der Waals surface area contributed by atoms with E-state index < -0.39 is 11.9 Å². The molecule has 1 fully saturated rings. The summed E-state index contributed by atoms with van der Waals surface area (Å²) in [5.74, 6) is -0.875. The van der Waals surface area contributed by atoms with Crippen LogP contribution in [0.1, 0.15) is 40.5 Å². The normalized spacial score (nSPS) is 19.7. The zero-order valence-corrected chi connectivity index (χ0v) is 15.4. The van der Waals surface area contributed by atoms with Gasteiger partial charge in [-0.1, -0.05) is 29.4 Å². The molecule has 1 aliphatic heterocycles. The summed E-state index contributed by atoms with van der Waals surface area (Å²) in [5.41, 5.74) is 3.84. The minimum Gasteiger partial charge on any atom is -0.481 e. The molecule has 1 aliphatic rings. The van der Waals surface area contributed by atoms with Crippen LogP contribution in [-0.2, 0) is 16.0 Å². The molecular formula is C20H24N2O4. The Morgan fingerprint density at radius 3 is 2.58 bits per heavy atom. The number of nitrogens with zero attached hydrogens (tertiary/aromatic N) is 2. The van der Waals surface area contributed by atoms with E-state index in [2.05, 4.69) is 5.16 Å². The van der Waals surface area contributed by atoms with Gasteiger partial charge in [-0.25, -0.2) is 0 Å². The molecule has 3 rings (SSSR count). The number of aliphatic carboxylic acids is 1. The molecule has 0 unspecified atom stereocenters. The van der Waals surface area contributed by atoms with E-state index >= 15 is 0 Å². The maximum Gasteiger partial charge on any atom is 0.308 e. The SMILES string of the molecule is Cc1ccccc1[C@H]1CN(C(=O)CCc2c(C)noc2C)C[C@@H]1C(=O)O. The highest BCUT2D eigenvalue weighted by Gasteiger charge is 2.40. The molecule has 0 spiro atoms. The molecule has 1 aromatic heterocycles. The number of aromatic nitrogens is 1. The third-order valence-electron chi connectivity index (χ3n) is 5.35. The van der Waals surface area contributed by atoms with Crippen molar-refractivity contribution in [1.29, 1.82) is 0 Å². The number of carboxylic acid groups (broad SMARTS) is 1. The number of carbonyl (C=O) groups excluding carboxylic acids is 1. The van der Waals surface area contributed by atoms with Crippen molar-refractivity contribution in [2.24, 2.45) is 5.92 Å². The fraction of sp³-hybridized carbons (Fsp3) is 0.450. The van der Waals surface area contributed by atoms with Gasteiger partial charge in [0.05, 0.1) is 11.6 Å².